The van der Waals surface area contributed by atoms with Gasteiger partial charge in [0.2, 0.25) is 0 Å². The second-order valence-corrected chi connectivity index (χ2v) is 6.26. The van der Waals surface area contributed by atoms with Crippen LogP contribution in [0.15, 0.2) is 12.1 Å². The van der Waals surface area contributed by atoms with E-state index in [2.05, 4.69) is 19.2 Å². The summed E-state index contributed by atoms with van der Waals surface area (Å²) in [4.78, 5) is 11.1. The Morgan fingerprint density at radius 2 is 1.71 bits per heavy atom. The van der Waals surface area contributed by atoms with Crippen LogP contribution in [0.2, 0.25) is 0 Å². The van der Waals surface area contributed by atoms with Gasteiger partial charge in [-0.1, -0.05) is 31.5 Å². The van der Waals surface area contributed by atoms with Crippen molar-refractivity contribution >= 4 is 5.97 Å². The molecule has 4 nitrogen and oxygen atoms in total. The minimum Gasteiger partial charge on any atom is -0.481 e. The molecule has 1 aromatic carbocycles. The van der Waals surface area contributed by atoms with Crippen molar-refractivity contribution in [2.75, 3.05) is 6.54 Å². The fourth-order valence-corrected chi connectivity index (χ4v) is 2.73. The van der Waals surface area contributed by atoms with Gasteiger partial charge in [0.1, 0.15) is 0 Å². The number of carboxylic acids is 1. The van der Waals surface area contributed by atoms with Crippen LogP contribution in [0, 0.1) is 26.7 Å². The molecule has 0 spiro atoms. The summed E-state index contributed by atoms with van der Waals surface area (Å²) in [7, 11) is 0. The van der Waals surface area contributed by atoms with Gasteiger partial charge in [-0.3, -0.25) is 4.79 Å². The molecule has 0 aliphatic carbocycles. The number of hydrogen-bond donors (Lipinski definition) is 3. The van der Waals surface area contributed by atoms with Crippen LogP contribution in [0.3, 0.4) is 0 Å². The highest BCUT2D eigenvalue weighted by Gasteiger charge is 2.26. The molecule has 21 heavy (non-hydrogen) atoms. The highest BCUT2D eigenvalue weighted by molar-refractivity contribution is 5.67. The number of nitrogens with one attached hydrogen (secondary N) is 1. The number of aryl methyl sites for hydroxylation is 3. The third kappa shape index (κ3) is 5.14. The van der Waals surface area contributed by atoms with Gasteiger partial charge in [0.05, 0.1) is 12.5 Å². The van der Waals surface area contributed by atoms with Crippen LogP contribution in [0.4, 0.5) is 0 Å². The van der Waals surface area contributed by atoms with E-state index in [0.29, 0.717) is 12.5 Å². The van der Waals surface area contributed by atoms with E-state index >= 15 is 0 Å². The summed E-state index contributed by atoms with van der Waals surface area (Å²) < 4.78 is 0. The summed E-state index contributed by atoms with van der Waals surface area (Å²) in [5.41, 5.74) is 3.98. The Labute approximate surface area is 127 Å². The van der Waals surface area contributed by atoms with E-state index in [1.165, 1.54) is 0 Å². The first-order valence-corrected chi connectivity index (χ1v) is 7.43. The maximum absolute atomic E-state index is 11.1. The molecule has 0 saturated heterocycles. The zero-order valence-electron chi connectivity index (χ0n) is 13.6. The molecule has 0 bridgehead atoms. The maximum Gasteiger partial charge on any atom is 0.305 e. The molecule has 118 valence electrons. The first-order chi connectivity index (χ1) is 9.72. The van der Waals surface area contributed by atoms with Crippen molar-refractivity contribution in [1.82, 2.24) is 5.32 Å². The molecule has 0 saturated carbocycles. The molecule has 4 heteroatoms. The van der Waals surface area contributed by atoms with Crippen molar-refractivity contribution in [3.05, 3.63) is 34.4 Å². The SMILES string of the molecule is Cc1cc(C)c(C(O)C(CC(=O)O)NCC(C)C)c(C)c1. The van der Waals surface area contributed by atoms with Crippen molar-refractivity contribution in [3.8, 4) is 0 Å². The van der Waals surface area contributed by atoms with E-state index in [1.807, 2.05) is 32.9 Å². The lowest BCUT2D eigenvalue weighted by Gasteiger charge is -2.27. The van der Waals surface area contributed by atoms with E-state index in [4.69, 9.17) is 5.11 Å². The van der Waals surface area contributed by atoms with Crippen LogP contribution in [-0.2, 0) is 4.79 Å². The lowest BCUT2D eigenvalue weighted by molar-refractivity contribution is -0.138. The summed E-state index contributed by atoms with van der Waals surface area (Å²) in [6.45, 7) is 10.7. The Hall–Kier alpha value is -1.39. The number of benzene rings is 1. The molecule has 0 fully saturated rings. The van der Waals surface area contributed by atoms with Crippen molar-refractivity contribution < 1.29 is 15.0 Å². The predicted octanol–water partition coefficient (Wildman–Crippen LogP) is 2.73. The Morgan fingerprint density at radius 3 is 2.14 bits per heavy atom. The minimum atomic E-state index is -0.905. The molecule has 1 rings (SSSR count). The number of aliphatic hydroxyl groups excluding tert-OH is 1. The molecular weight excluding hydrogens is 266 g/mol. The Morgan fingerprint density at radius 1 is 1.19 bits per heavy atom. The van der Waals surface area contributed by atoms with Gasteiger partial charge in [-0.2, -0.15) is 0 Å². The highest BCUT2D eigenvalue weighted by Crippen LogP contribution is 2.27. The Kier molecular flexibility index (Phi) is 6.37. The number of carboxylic acid groups (broad SMARTS) is 1. The summed E-state index contributed by atoms with van der Waals surface area (Å²) in [5, 5.41) is 22.9. The molecule has 2 atom stereocenters. The van der Waals surface area contributed by atoms with Crippen molar-refractivity contribution in [2.45, 2.75) is 53.2 Å². The van der Waals surface area contributed by atoms with Crippen molar-refractivity contribution in [3.63, 3.8) is 0 Å². The van der Waals surface area contributed by atoms with E-state index < -0.39 is 18.1 Å². The molecule has 0 radical (unpaired) electrons. The van der Waals surface area contributed by atoms with Crippen LogP contribution in [-0.4, -0.2) is 28.8 Å². The zero-order chi connectivity index (χ0) is 16.2. The van der Waals surface area contributed by atoms with Crippen molar-refractivity contribution in [2.24, 2.45) is 5.92 Å². The molecule has 2 unspecified atom stereocenters. The number of aliphatic hydroxyl groups is 1. The first-order valence-electron chi connectivity index (χ1n) is 7.43. The Balaban J connectivity index is 3.04. The number of hydrogen-bond acceptors (Lipinski definition) is 3. The van der Waals surface area contributed by atoms with E-state index in [1.54, 1.807) is 0 Å². The predicted molar refractivity (Wildman–Crippen MR) is 84.5 cm³/mol. The standard InChI is InChI=1S/C17H27NO3/c1-10(2)9-18-14(8-15(19)20)17(21)16-12(4)6-11(3)7-13(16)5/h6-7,10,14,17-18,21H,8-9H2,1-5H3,(H,19,20). The lowest BCUT2D eigenvalue weighted by Crippen LogP contribution is -2.39. The molecule has 3 N–H and O–H groups in total. The van der Waals surface area contributed by atoms with E-state index in [0.717, 1.165) is 22.3 Å². The molecule has 1 aromatic rings. The average molecular weight is 293 g/mol. The maximum atomic E-state index is 11.1. The largest absolute Gasteiger partial charge is 0.481 e. The summed E-state index contributed by atoms with van der Waals surface area (Å²) >= 11 is 0. The van der Waals surface area contributed by atoms with Gasteiger partial charge in [0, 0.05) is 6.04 Å². The topological polar surface area (TPSA) is 69.6 Å². The fourth-order valence-electron chi connectivity index (χ4n) is 2.73. The van der Waals surface area contributed by atoms with Crippen LogP contribution in [0.5, 0.6) is 0 Å². The van der Waals surface area contributed by atoms with Gasteiger partial charge in [-0.25, -0.2) is 0 Å². The number of carbonyl (C=O) groups is 1. The summed E-state index contributed by atoms with van der Waals surface area (Å²) in [6, 6.07) is 3.56. The van der Waals surface area contributed by atoms with Gasteiger partial charge in [-0.05, 0) is 49.9 Å². The normalized spacial score (nSPS) is 14.2. The molecular formula is C17H27NO3. The molecule has 0 aliphatic heterocycles. The van der Waals surface area contributed by atoms with Gasteiger partial charge >= 0.3 is 5.97 Å². The third-order valence-corrected chi connectivity index (χ3v) is 3.60. The smallest absolute Gasteiger partial charge is 0.305 e. The first kappa shape index (κ1) is 17.7. The third-order valence-electron chi connectivity index (χ3n) is 3.60. The second kappa shape index (κ2) is 7.57. The quantitative estimate of drug-likeness (QED) is 0.723. The number of aliphatic carboxylic acids is 1. The fraction of sp³-hybridized carbons (Fsp3) is 0.588. The number of rotatable bonds is 7. The van der Waals surface area contributed by atoms with Crippen molar-refractivity contribution in [1.29, 1.82) is 0 Å². The van der Waals surface area contributed by atoms with Gasteiger partial charge < -0.3 is 15.5 Å². The van der Waals surface area contributed by atoms with Gasteiger partial charge in [0.15, 0.2) is 0 Å². The highest BCUT2D eigenvalue weighted by atomic mass is 16.4. The van der Waals surface area contributed by atoms with Gasteiger partial charge in [-0.15, -0.1) is 0 Å². The molecule has 0 amide bonds. The lowest BCUT2D eigenvalue weighted by atomic mass is 9.90. The summed E-state index contributed by atoms with van der Waals surface area (Å²) in [6.07, 6.45) is -0.916. The average Bonchev–Trinajstić information content (AvgIpc) is 2.32. The summed E-state index contributed by atoms with van der Waals surface area (Å²) in [5.74, 6) is -0.508. The zero-order valence-corrected chi connectivity index (χ0v) is 13.6. The van der Waals surface area contributed by atoms with E-state index in [-0.39, 0.29) is 6.42 Å². The van der Waals surface area contributed by atoms with Gasteiger partial charge in [0.25, 0.3) is 0 Å². The minimum absolute atomic E-state index is 0.0966. The molecule has 0 heterocycles. The monoisotopic (exact) mass is 293 g/mol. The van der Waals surface area contributed by atoms with Crippen LogP contribution >= 0.6 is 0 Å². The van der Waals surface area contributed by atoms with Crippen LogP contribution in [0.25, 0.3) is 0 Å². The molecule has 0 aromatic heterocycles. The molecule has 0 aliphatic rings. The Bertz CT molecular complexity index is 474. The second-order valence-electron chi connectivity index (χ2n) is 6.26. The van der Waals surface area contributed by atoms with Crippen LogP contribution in [0.1, 0.15) is 48.6 Å². The van der Waals surface area contributed by atoms with E-state index in [9.17, 15) is 9.90 Å². The van der Waals surface area contributed by atoms with Crippen LogP contribution < -0.4 is 5.32 Å².